The Morgan fingerprint density at radius 1 is 0.314 bits per heavy atom. The molecule has 0 aliphatic heterocycles. The number of hydrogen-bond donors (Lipinski definition) is 0. The summed E-state index contributed by atoms with van der Waals surface area (Å²) in [7, 11) is 0. The van der Waals surface area contributed by atoms with Crippen molar-refractivity contribution < 1.29 is 0 Å². The van der Waals surface area contributed by atoms with Crippen molar-refractivity contribution in [1.29, 1.82) is 10.5 Å². The molecular weight excluding hydrogens is 619 g/mol. The number of fused-ring (bicyclic) bond motifs is 6. The minimum absolute atomic E-state index is 0.490. The molecule has 2 aliphatic rings. The van der Waals surface area contributed by atoms with Gasteiger partial charge in [-0.05, 0) is 144 Å². The maximum absolute atomic E-state index is 9.57. The normalized spacial score (nSPS) is 11.5. The highest BCUT2D eigenvalue weighted by atomic mass is 15.1. The first kappa shape index (κ1) is 28.8. The molecule has 8 aromatic rings. The van der Waals surface area contributed by atoms with Crippen molar-refractivity contribution in [2.75, 3.05) is 4.90 Å². The molecule has 3 nitrogen and oxygen atoms in total. The topological polar surface area (TPSA) is 50.8 Å². The first-order valence-corrected chi connectivity index (χ1v) is 17.0. The molecule has 0 N–H and O–H groups in total. The van der Waals surface area contributed by atoms with E-state index in [1.54, 1.807) is 6.07 Å². The van der Waals surface area contributed by atoms with Crippen LogP contribution in [0.15, 0.2) is 164 Å². The van der Waals surface area contributed by atoms with E-state index >= 15 is 0 Å². The lowest BCUT2D eigenvalue weighted by atomic mass is 9.95. The fourth-order valence-electron chi connectivity index (χ4n) is 8.08. The Labute approximate surface area is 296 Å². The average Bonchev–Trinajstić information content (AvgIpc) is 3.70. The van der Waals surface area contributed by atoms with Crippen molar-refractivity contribution in [2.45, 2.75) is 0 Å². The standard InChI is InChI=1S/C48H27N3/c49-28-30-23-31(29-50)25-35(24-30)34-14-18-40-42-19-21-43-45-26-33(13-17-39(45)41-20-22-44(46(40)27-34)48(42)47(41)43)32-11-15-38(16-12-32)51(36-7-3-1-4-8-36)37-9-5-2-6-10-37/h1-27H. The molecule has 2 aliphatic carbocycles. The molecule has 51 heavy (non-hydrogen) atoms. The van der Waals surface area contributed by atoms with E-state index in [1.165, 1.54) is 66.4 Å². The lowest BCUT2D eigenvalue weighted by Gasteiger charge is -2.25. The van der Waals surface area contributed by atoms with E-state index in [9.17, 15) is 10.5 Å². The largest absolute Gasteiger partial charge is 0.311 e. The summed E-state index contributed by atoms with van der Waals surface area (Å²) in [6, 6.07) is 62.1. The summed E-state index contributed by atoms with van der Waals surface area (Å²) in [5.41, 5.74) is 18.5. The van der Waals surface area contributed by atoms with Gasteiger partial charge < -0.3 is 4.90 Å². The van der Waals surface area contributed by atoms with Gasteiger partial charge in [0.15, 0.2) is 0 Å². The average molecular weight is 646 g/mol. The fourth-order valence-corrected chi connectivity index (χ4v) is 8.08. The van der Waals surface area contributed by atoms with Crippen LogP contribution in [0.3, 0.4) is 0 Å². The second-order valence-corrected chi connectivity index (χ2v) is 13.2. The number of para-hydroxylation sites is 2. The van der Waals surface area contributed by atoms with Crippen molar-refractivity contribution >= 4 is 27.8 Å². The van der Waals surface area contributed by atoms with Crippen LogP contribution in [0.5, 0.6) is 0 Å². The van der Waals surface area contributed by atoms with E-state index in [-0.39, 0.29) is 0 Å². The molecule has 0 atom stereocenters. The molecule has 0 heterocycles. The van der Waals surface area contributed by atoms with Gasteiger partial charge in [0.05, 0.1) is 23.3 Å². The smallest absolute Gasteiger partial charge is 0.0992 e. The maximum atomic E-state index is 9.57. The lowest BCUT2D eigenvalue weighted by molar-refractivity contribution is 1.28. The van der Waals surface area contributed by atoms with E-state index in [1.807, 2.05) is 12.1 Å². The van der Waals surface area contributed by atoms with Crippen molar-refractivity contribution in [2.24, 2.45) is 0 Å². The summed E-state index contributed by atoms with van der Waals surface area (Å²) in [6.45, 7) is 0. The van der Waals surface area contributed by atoms with Gasteiger partial charge in [0.1, 0.15) is 0 Å². The van der Waals surface area contributed by atoms with Crippen LogP contribution in [0.1, 0.15) is 11.1 Å². The Balaban J connectivity index is 1.03. The van der Waals surface area contributed by atoms with Crippen molar-refractivity contribution in [3.8, 4) is 78.9 Å². The first-order chi connectivity index (χ1) is 25.2. The van der Waals surface area contributed by atoms with Gasteiger partial charge in [0.2, 0.25) is 0 Å². The number of benzene rings is 8. The molecule has 0 amide bonds. The predicted molar refractivity (Wildman–Crippen MR) is 208 cm³/mol. The van der Waals surface area contributed by atoms with Crippen molar-refractivity contribution in [1.82, 2.24) is 0 Å². The van der Waals surface area contributed by atoms with E-state index < -0.39 is 0 Å². The maximum Gasteiger partial charge on any atom is 0.0992 e. The number of nitriles is 2. The number of nitrogens with zero attached hydrogens (tertiary/aromatic N) is 3. The Hall–Kier alpha value is -7.20. The van der Waals surface area contributed by atoms with E-state index in [4.69, 9.17) is 0 Å². The van der Waals surface area contributed by atoms with Crippen LogP contribution in [0, 0.1) is 22.7 Å². The summed E-state index contributed by atoms with van der Waals surface area (Å²) < 4.78 is 0. The fraction of sp³-hybridized carbons (Fsp3) is 0. The highest BCUT2D eigenvalue weighted by molar-refractivity contribution is 6.26. The predicted octanol–water partition coefficient (Wildman–Crippen LogP) is 12.7. The van der Waals surface area contributed by atoms with E-state index in [0.717, 1.165) is 28.2 Å². The van der Waals surface area contributed by atoms with Crippen LogP contribution >= 0.6 is 0 Å². The van der Waals surface area contributed by atoms with Gasteiger partial charge in [-0.15, -0.1) is 0 Å². The van der Waals surface area contributed by atoms with Crippen LogP contribution in [-0.4, -0.2) is 0 Å². The third-order valence-electron chi connectivity index (χ3n) is 10.4. The number of rotatable bonds is 5. The monoisotopic (exact) mass is 645 g/mol. The molecule has 0 saturated heterocycles. The molecule has 10 rings (SSSR count). The van der Waals surface area contributed by atoms with Crippen LogP contribution in [-0.2, 0) is 0 Å². The summed E-state index contributed by atoms with van der Waals surface area (Å²) in [5.74, 6) is 0. The van der Waals surface area contributed by atoms with Gasteiger partial charge in [-0.3, -0.25) is 0 Å². The SMILES string of the molecule is N#Cc1cc(C#N)cc(-c2ccc3c(c2)-c2ccc4c5c(ccc-3c25)-c2cc(-c3ccc(N(c5ccccc5)c5ccccc5)cc3)ccc2-4)c1. The third kappa shape index (κ3) is 4.43. The summed E-state index contributed by atoms with van der Waals surface area (Å²) >= 11 is 0. The molecule has 8 aromatic carbocycles. The molecule has 0 bridgehead atoms. The van der Waals surface area contributed by atoms with Gasteiger partial charge in [0, 0.05) is 17.1 Å². The summed E-state index contributed by atoms with van der Waals surface area (Å²) in [6.07, 6.45) is 0. The molecule has 0 spiro atoms. The van der Waals surface area contributed by atoms with E-state index in [0.29, 0.717) is 11.1 Å². The van der Waals surface area contributed by atoms with Crippen LogP contribution in [0.4, 0.5) is 17.1 Å². The van der Waals surface area contributed by atoms with Crippen LogP contribution in [0.25, 0.3) is 77.5 Å². The molecule has 234 valence electrons. The zero-order valence-electron chi connectivity index (χ0n) is 27.4. The molecule has 0 fully saturated rings. The minimum atomic E-state index is 0.490. The lowest BCUT2D eigenvalue weighted by Crippen LogP contribution is -2.09. The molecule has 3 heteroatoms. The highest BCUT2D eigenvalue weighted by Gasteiger charge is 2.29. The van der Waals surface area contributed by atoms with E-state index in [2.05, 4.69) is 163 Å². The van der Waals surface area contributed by atoms with Crippen molar-refractivity contribution in [3.05, 3.63) is 175 Å². The first-order valence-electron chi connectivity index (χ1n) is 17.0. The third-order valence-corrected chi connectivity index (χ3v) is 10.4. The molecule has 0 unspecified atom stereocenters. The van der Waals surface area contributed by atoms with Gasteiger partial charge >= 0.3 is 0 Å². The van der Waals surface area contributed by atoms with Gasteiger partial charge in [0.25, 0.3) is 0 Å². The minimum Gasteiger partial charge on any atom is -0.311 e. The molecule has 0 aromatic heterocycles. The van der Waals surface area contributed by atoms with Gasteiger partial charge in [-0.1, -0.05) is 97.1 Å². The molecule has 0 saturated carbocycles. The highest BCUT2D eigenvalue weighted by Crippen LogP contribution is 2.56. The summed E-state index contributed by atoms with van der Waals surface area (Å²) in [5, 5.41) is 21.7. The zero-order valence-corrected chi connectivity index (χ0v) is 27.4. The Morgan fingerprint density at radius 2 is 0.706 bits per heavy atom. The molecular formula is C48H27N3. The van der Waals surface area contributed by atoms with Crippen LogP contribution in [0.2, 0.25) is 0 Å². The van der Waals surface area contributed by atoms with Crippen molar-refractivity contribution in [3.63, 3.8) is 0 Å². The number of anilines is 3. The van der Waals surface area contributed by atoms with Gasteiger partial charge in [-0.25, -0.2) is 0 Å². The van der Waals surface area contributed by atoms with Gasteiger partial charge in [-0.2, -0.15) is 10.5 Å². The Kier molecular flexibility index (Phi) is 6.31. The quantitative estimate of drug-likeness (QED) is 0.187. The zero-order chi connectivity index (χ0) is 34.1. The number of hydrogen-bond acceptors (Lipinski definition) is 3. The molecule has 0 radical (unpaired) electrons. The Bertz CT molecular complexity index is 2730. The summed E-state index contributed by atoms with van der Waals surface area (Å²) in [4.78, 5) is 2.29. The Morgan fingerprint density at radius 3 is 1.18 bits per heavy atom. The second-order valence-electron chi connectivity index (χ2n) is 13.2. The second kappa shape index (κ2) is 11.2. The van der Waals surface area contributed by atoms with Crippen LogP contribution < -0.4 is 4.90 Å².